The molecule has 0 saturated heterocycles. The Labute approximate surface area is 97.6 Å². The fourth-order valence-corrected chi connectivity index (χ4v) is 1.72. The molecule has 1 unspecified atom stereocenters. The minimum atomic E-state index is -1.01. The van der Waals surface area contributed by atoms with Crippen molar-refractivity contribution in [1.29, 1.82) is 0 Å². The van der Waals surface area contributed by atoms with Gasteiger partial charge < -0.3 is 5.11 Å². The second-order valence-electron chi connectivity index (χ2n) is 3.61. The Morgan fingerprint density at radius 2 is 1.88 bits per heavy atom. The van der Waals surface area contributed by atoms with E-state index in [0.717, 1.165) is 0 Å². The number of hydrogen-bond acceptors (Lipinski definition) is 2. The lowest BCUT2D eigenvalue weighted by atomic mass is 9.92. The predicted octanol–water partition coefficient (Wildman–Crippen LogP) is 2.44. The van der Waals surface area contributed by atoms with E-state index in [1.807, 2.05) is 0 Å². The van der Waals surface area contributed by atoms with Gasteiger partial charge in [-0.3, -0.25) is 9.78 Å². The lowest BCUT2D eigenvalue weighted by Crippen LogP contribution is -2.13. The molecule has 0 aliphatic carbocycles. The Kier molecular flexibility index (Phi) is 3.14. The highest BCUT2D eigenvalue weighted by atomic mass is 19.1. The third-order valence-corrected chi connectivity index (χ3v) is 2.47. The highest BCUT2D eigenvalue weighted by Gasteiger charge is 2.22. The van der Waals surface area contributed by atoms with E-state index in [0.29, 0.717) is 11.1 Å². The van der Waals surface area contributed by atoms with Gasteiger partial charge in [-0.05, 0) is 35.4 Å². The van der Waals surface area contributed by atoms with E-state index in [2.05, 4.69) is 4.98 Å². The Morgan fingerprint density at radius 1 is 1.18 bits per heavy atom. The number of carbonyl (C=O) groups is 1. The fourth-order valence-electron chi connectivity index (χ4n) is 1.72. The van der Waals surface area contributed by atoms with E-state index in [9.17, 15) is 14.3 Å². The quantitative estimate of drug-likeness (QED) is 0.882. The molecule has 0 saturated carbocycles. The van der Waals surface area contributed by atoms with Gasteiger partial charge in [0.2, 0.25) is 0 Å². The van der Waals surface area contributed by atoms with Crippen molar-refractivity contribution in [2.24, 2.45) is 0 Å². The predicted molar refractivity (Wildman–Crippen MR) is 60.1 cm³/mol. The van der Waals surface area contributed by atoms with Crippen LogP contribution >= 0.6 is 0 Å². The largest absolute Gasteiger partial charge is 0.481 e. The fraction of sp³-hybridized carbons (Fsp3) is 0.0769. The summed E-state index contributed by atoms with van der Waals surface area (Å²) in [4.78, 5) is 15.1. The third kappa shape index (κ3) is 2.47. The molecule has 0 fully saturated rings. The normalized spacial score (nSPS) is 12.1. The molecule has 2 aromatic rings. The van der Waals surface area contributed by atoms with Crippen LogP contribution in [0.25, 0.3) is 0 Å². The van der Waals surface area contributed by atoms with Crippen LogP contribution in [0.4, 0.5) is 4.39 Å². The van der Waals surface area contributed by atoms with Crippen LogP contribution in [0.2, 0.25) is 0 Å². The van der Waals surface area contributed by atoms with Gasteiger partial charge in [0, 0.05) is 12.4 Å². The lowest BCUT2D eigenvalue weighted by Gasteiger charge is -2.12. The van der Waals surface area contributed by atoms with Crippen LogP contribution in [0, 0.1) is 5.82 Å². The summed E-state index contributed by atoms with van der Waals surface area (Å²) in [5.74, 6) is -2.32. The Morgan fingerprint density at radius 3 is 2.47 bits per heavy atom. The first-order chi connectivity index (χ1) is 8.18. The molecule has 0 amide bonds. The second kappa shape index (κ2) is 4.74. The molecule has 0 radical (unpaired) electrons. The Hall–Kier alpha value is -2.23. The minimum absolute atomic E-state index is 0.420. The van der Waals surface area contributed by atoms with Crippen molar-refractivity contribution in [3.8, 4) is 0 Å². The molecule has 1 aromatic heterocycles. The number of aromatic nitrogens is 1. The molecule has 0 aliphatic heterocycles. The maximum Gasteiger partial charge on any atom is 0.315 e. The highest BCUT2D eigenvalue weighted by Crippen LogP contribution is 2.24. The van der Waals surface area contributed by atoms with E-state index in [1.165, 1.54) is 30.6 Å². The van der Waals surface area contributed by atoms with Crippen LogP contribution in [0.1, 0.15) is 17.0 Å². The molecular formula is C13H10FNO2. The minimum Gasteiger partial charge on any atom is -0.481 e. The molecule has 17 heavy (non-hydrogen) atoms. The van der Waals surface area contributed by atoms with E-state index >= 15 is 0 Å². The average Bonchev–Trinajstić information content (AvgIpc) is 2.30. The molecule has 1 atom stereocenters. The average molecular weight is 231 g/mol. The van der Waals surface area contributed by atoms with E-state index < -0.39 is 17.7 Å². The third-order valence-electron chi connectivity index (χ3n) is 2.47. The number of nitrogens with zero attached hydrogens (tertiary/aromatic N) is 1. The van der Waals surface area contributed by atoms with Crippen LogP contribution in [0.5, 0.6) is 0 Å². The molecule has 0 bridgehead atoms. The summed E-state index contributed by atoms with van der Waals surface area (Å²) in [7, 11) is 0. The van der Waals surface area contributed by atoms with Gasteiger partial charge in [0.05, 0.1) is 0 Å². The van der Waals surface area contributed by atoms with Crippen molar-refractivity contribution in [2.45, 2.75) is 5.92 Å². The first-order valence-corrected chi connectivity index (χ1v) is 5.06. The van der Waals surface area contributed by atoms with Gasteiger partial charge in [-0.15, -0.1) is 0 Å². The summed E-state index contributed by atoms with van der Waals surface area (Å²) >= 11 is 0. The summed E-state index contributed by atoms with van der Waals surface area (Å²) < 4.78 is 13.1. The van der Waals surface area contributed by atoms with Gasteiger partial charge in [0.15, 0.2) is 0 Å². The zero-order valence-electron chi connectivity index (χ0n) is 8.88. The van der Waals surface area contributed by atoms with Crippen LogP contribution in [-0.2, 0) is 4.79 Å². The number of aliphatic carboxylic acids is 1. The molecule has 1 N–H and O–H groups in total. The SMILES string of the molecule is O=C(O)C(c1ccncc1)c1cccc(F)c1. The molecule has 4 heteroatoms. The molecule has 86 valence electrons. The zero-order chi connectivity index (χ0) is 12.3. The van der Waals surface area contributed by atoms with Crippen LogP contribution < -0.4 is 0 Å². The van der Waals surface area contributed by atoms with Crippen molar-refractivity contribution in [2.75, 3.05) is 0 Å². The Bertz CT molecular complexity index is 528. The number of halogens is 1. The monoisotopic (exact) mass is 231 g/mol. The molecule has 2 rings (SSSR count). The number of carboxylic acids is 1. The molecule has 3 nitrogen and oxygen atoms in total. The number of pyridine rings is 1. The molecule has 0 spiro atoms. The number of carboxylic acid groups (broad SMARTS) is 1. The number of benzene rings is 1. The number of hydrogen-bond donors (Lipinski definition) is 1. The standard InChI is InChI=1S/C13H10FNO2/c14-11-3-1-2-10(8-11)12(13(16)17)9-4-6-15-7-5-9/h1-8,12H,(H,16,17). The smallest absolute Gasteiger partial charge is 0.315 e. The van der Waals surface area contributed by atoms with Crippen LogP contribution in [0.15, 0.2) is 48.8 Å². The summed E-state index contributed by atoms with van der Waals surface area (Å²) in [6.45, 7) is 0. The molecular weight excluding hydrogens is 221 g/mol. The van der Waals surface area contributed by atoms with Gasteiger partial charge in [-0.1, -0.05) is 12.1 Å². The number of rotatable bonds is 3. The lowest BCUT2D eigenvalue weighted by molar-refractivity contribution is -0.137. The van der Waals surface area contributed by atoms with E-state index in [1.54, 1.807) is 18.2 Å². The Balaban J connectivity index is 2.47. The summed E-state index contributed by atoms with van der Waals surface area (Å²) in [5.41, 5.74) is 1.00. The van der Waals surface area contributed by atoms with E-state index in [4.69, 9.17) is 0 Å². The maximum absolute atomic E-state index is 13.1. The highest BCUT2D eigenvalue weighted by molar-refractivity contribution is 5.80. The summed E-state index contributed by atoms with van der Waals surface area (Å²) in [6, 6.07) is 8.85. The van der Waals surface area contributed by atoms with Crippen molar-refractivity contribution >= 4 is 5.97 Å². The molecule has 1 heterocycles. The van der Waals surface area contributed by atoms with Gasteiger partial charge in [-0.25, -0.2) is 4.39 Å². The van der Waals surface area contributed by atoms with Gasteiger partial charge in [0.25, 0.3) is 0 Å². The summed E-state index contributed by atoms with van der Waals surface area (Å²) in [6.07, 6.45) is 3.04. The van der Waals surface area contributed by atoms with Crippen molar-refractivity contribution in [3.05, 3.63) is 65.7 Å². The van der Waals surface area contributed by atoms with Crippen molar-refractivity contribution < 1.29 is 14.3 Å². The van der Waals surface area contributed by atoms with Crippen LogP contribution in [0.3, 0.4) is 0 Å². The first-order valence-electron chi connectivity index (χ1n) is 5.06. The van der Waals surface area contributed by atoms with E-state index in [-0.39, 0.29) is 0 Å². The topological polar surface area (TPSA) is 50.2 Å². The van der Waals surface area contributed by atoms with Crippen LogP contribution in [-0.4, -0.2) is 16.1 Å². The van der Waals surface area contributed by atoms with Gasteiger partial charge >= 0.3 is 5.97 Å². The zero-order valence-corrected chi connectivity index (χ0v) is 8.88. The van der Waals surface area contributed by atoms with Crippen molar-refractivity contribution in [3.63, 3.8) is 0 Å². The van der Waals surface area contributed by atoms with Gasteiger partial charge in [0.1, 0.15) is 11.7 Å². The molecule has 1 aromatic carbocycles. The maximum atomic E-state index is 13.1. The molecule has 0 aliphatic rings. The first kappa shape index (κ1) is 11.3. The summed E-state index contributed by atoms with van der Waals surface area (Å²) in [5, 5.41) is 9.23. The second-order valence-corrected chi connectivity index (χ2v) is 3.61. The van der Waals surface area contributed by atoms with Crippen molar-refractivity contribution in [1.82, 2.24) is 4.98 Å². The van der Waals surface area contributed by atoms with Gasteiger partial charge in [-0.2, -0.15) is 0 Å².